The number of carbonyl (C=O) groups is 1. The summed E-state index contributed by atoms with van der Waals surface area (Å²) in [6, 6.07) is 5.35. The summed E-state index contributed by atoms with van der Waals surface area (Å²) < 4.78 is 1.86. The summed E-state index contributed by atoms with van der Waals surface area (Å²) in [5.41, 5.74) is 3.49. The molecule has 0 saturated heterocycles. The van der Waals surface area contributed by atoms with Gasteiger partial charge in [0.2, 0.25) is 0 Å². The minimum absolute atomic E-state index is 0.0413. The van der Waals surface area contributed by atoms with Crippen molar-refractivity contribution in [1.29, 1.82) is 0 Å². The van der Waals surface area contributed by atoms with Gasteiger partial charge < -0.3 is 15.0 Å². The fourth-order valence-corrected chi connectivity index (χ4v) is 2.96. The maximum absolute atomic E-state index is 12.9. The summed E-state index contributed by atoms with van der Waals surface area (Å²) >= 11 is 6.04. The zero-order valence-electron chi connectivity index (χ0n) is 16.7. The van der Waals surface area contributed by atoms with Crippen molar-refractivity contribution in [3.05, 3.63) is 76.4 Å². The Hall–Kier alpha value is -2.63. The Balaban J connectivity index is 2.39. The second-order valence-electron chi connectivity index (χ2n) is 6.42. The third-order valence-corrected chi connectivity index (χ3v) is 4.56. The molecule has 0 radical (unpaired) electrons. The number of aliphatic hydroxyl groups is 1. The van der Waals surface area contributed by atoms with E-state index in [1.54, 1.807) is 12.1 Å². The van der Waals surface area contributed by atoms with E-state index >= 15 is 0 Å². The number of imidazole rings is 1. The molecule has 148 valence electrons. The molecule has 0 aliphatic heterocycles. The van der Waals surface area contributed by atoms with E-state index in [4.69, 9.17) is 11.6 Å². The highest BCUT2D eigenvalue weighted by molar-refractivity contribution is 6.31. The first kappa shape index (κ1) is 21.7. The molecule has 2 rings (SSSR count). The maximum atomic E-state index is 12.9. The molecule has 0 aliphatic carbocycles. The molecule has 0 unspecified atom stereocenters. The van der Waals surface area contributed by atoms with Gasteiger partial charge >= 0.3 is 0 Å². The highest BCUT2D eigenvalue weighted by atomic mass is 35.5. The van der Waals surface area contributed by atoms with E-state index in [0.717, 1.165) is 11.1 Å². The molecule has 0 atom stereocenters. The molecule has 1 aromatic carbocycles. The van der Waals surface area contributed by atoms with Gasteiger partial charge in [-0.3, -0.25) is 4.79 Å². The summed E-state index contributed by atoms with van der Waals surface area (Å²) in [6.45, 7) is 7.93. The summed E-state index contributed by atoms with van der Waals surface area (Å²) in [5.74, 6) is 0.350. The van der Waals surface area contributed by atoms with Crippen molar-refractivity contribution in [2.24, 2.45) is 0 Å². The highest BCUT2D eigenvalue weighted by Crippen LogP contribution is 2.23. The number of nitrogens with one attached hydrogen (secondary N) is 1. The largest absolute Gasteiger partial charge is 0.395 e. The third-order valence-electron chi connectivity index (χ3n) is 4.32. The lowest BCUT2D eigenvalue weighted by Crippen LogP contribution is -2.15. The van der Waals surface area contributed by atoms with Crippen LogP contribution < -0.4 is 5.32 Å². The van der Waals surface area contributed by atoms with Crippen LogP contribution in [0.3, 0.4) is 0 Å². The van der Waals surface area contributed by atoms with Crippen molar-refractivity contribution in [3.8, 4) is 0 Å². The summed E-state index contributed by atoms with van der Waals surface area (Å²) in [5, 5.41) is 12.9. The van der Waals surface area contributed by atoms with Crippen molar-refractivity contribution in [1.82, 2.24) is 9.55 Å². The fraction of sp³-hybridized carbons (Fsp3) is 0.273. The van der Waals surface area contributed by atoms with Crippen LogP contribution in [0.5, 0.6) is 0 Å². The topological polar surface area (TPSA) is 67.2 Å². The summed E-state index contributed by atoms with van der Waals surface area (Å²) in [7, 11) is 0. The van der Waals surface area contributed by atoms with Crippen molar-refractivity contribution in [2.45, 2.75) is 34.2 Å². The number of amides is 1. The molecule has 2 N–H and O–H groups in total. The van der Waals surface area contributed by atoms with Crippen molar-refractivity contribution in [3.63, 3.8) is 0 Å². The minimum Gasteiger partial charge on any atom is -0.395 e. The second-order valence-corrected chi connectivity index (χ2v) is 6.85. The number of rotatable bonds is 7. The van der Waals surface area contributed by atoms with Gasteiger partial charge in [-0.25, -0.2) is 4.98 Å². The first-order chi connectivity index (χ1) is 13.4. The van der Waals surface area contributed by atoms with Gasteiger partial charge in [0.15, 0.2) is 0 Å². The van der Waals surface area contributed by atoms with Gasteiger partial charge in [-0.05, 0) is 51.0 Å². The number of nitrogens with zero attached hydrogens (tertiary/aromatic N) is 2. The number of aryl methyl sites for hydroxylation is 1. The monoisotopic (exact) mass is 399 g/mol. The van der Waals surface area contributed by atoms with Crippen LogP contribution in [0, 0.1) is 13.8 Å². The Kier molecular flexibility index (Phi) is 7.79. The summed E-state index contributed by atoms with van der Waals surface area (Å²) in [4.78, 5) is 17.4. The number of halogens is 1. The van der Waals surface area contributed by atoms with E-state index in [2.05, 4.69) is 10.3 Å². The number of benzene rings is 1. The normalized spacial score (nSPS) is 12.3. The van der Waals surface area contributed by atoms with Crippen LogP contribution in [0.15, 0.2) is 48.6 Å². The highest BCUT2D eigenvalue weighted by Gasteiger charge is 2.20. The third kappa shape index (κ3) is 5.21. The Morgan fingerprint density at radius 1 is 1.29 bits per heavy atom. The van der Waals surface area contributed by atoms with Gasteiger partial charge in [-0.15, -0.1) is 0 Å². The Morgan fingerprint density at radius 3 is 2.71 bits per heavy atom. The lowest BCUT2D eigenvalue weighted by molar-refractivity contribution is 0.102. The quantitative estimate of drug-likeness (QED) is 0.648. The zero-order valence-corrected chi connectivity index (χ0v) is 17.4. The van der Waals surface area contributed by atoms with E-state index < -0.39 is 0 Å². The first-order valence-electron chi connectivity index (χ1n) is 9.11. The van der Waals surface area contributed by atoms with Crippen LogP contribution in [0.25, 0.3) is 5.57 Å². The van der Waals surface area contributed by atoms with Crippen molar-refractivity contribution < 1.29 is 9.90 Å². The van der Waals surface area contributed by atoms with Crippen LogP contribution in [-0.4, -0.2) is 27.2 Å². The number of carbonyl (C=O) groups excluding carboxylic acids is 1. The van der Waals surface area contributed by atoms with Crippen LogP contribution in [0.2, 0.25) is 5.02 Å². The van der Waals surface area contributed by atoms with E-state index in [1.165, 1.54) is 0 Å². The molecule has 1 amide bonds. The lowest BCUT2D eigenvalue weighted by Gasteiger charge is -2.09. The Bertz CT molecular complexity index is 939. The van der Waals surface area contributed by atoms with Crippen LogP contribution in [0.1, 0.15) is 41.4 Å². The number of anilines is 1. The lowest BCUT2D eigenvalue weighted by atomic mass is 10.2. The molecule has 1 heterocycles. The van der Waals surface area contributed by atoms with Crippen LogP contribution in [-0.2, 0) is 6.54 Å². The van der Waals surface area contributed by atoms with Gasteiger partial charge in [-0.2, -0.15) is 0 Å². The Morgan fingerprint density at radius 2 is 2.04 bits per heavy atom. The van der Waals surface area contributed by atoms with E-state index in [0.29, 0.717) is 34.5 Å². The van der Waals surface area contributed by atoms with E-state index in [1.807, 2.05) is 68.7 Å². The van der Waals surface area contributed by atoms with Gasteiger partial charge in [0.25, 0.3) is 5.91 Å². The molecular formula is C22H26ClN3O2. The van der Waals surface area contributed by atoms with Gasteiger partial charge in [0.05, 0.1) is 6.61 Å². The minimum atomic E-state index is -0.307. The molecule has 0 saturated carbocycles. The summed E-state index contributed by atoms with van der Waals surface area (Å²) in [6.07, 6.45) is 9.64. The molecule has 2 aromatic rings. The number of hydrogen-bond donors (Lipinski definition) is 2. The van der Waals surface area contributed by atoms with Crippen LogP contribution >= 0.6 is 11.6 Å². The van der Waals surface area contributed by atoms with Gasteiger partial charge in [-0.1, -0.05) is 48.0 Å². The fourth-order valence-electron chi connectivity index (χ4n) is 2.78. The van der Waals surface area contributed by atoms with Gasteiger partial charge in [0.1, 0.15) is 11.5 Å². The predicted molar refractivity (Wildman–Crippen MR) is 116 cm³/mol. The molecule has 28 heavy (non-hydrogen) atoms. The number of aliphatic hydroxyl groups excluding tert-OH is 1. The second kappa shape index (κ2) is 10.1. The molecule has 0 bridgehead atoms. The smallest absolute Gasteiger partial charge is 0.276 e. The average Bonchev–Trinajstić information content (AvgIpc) is 2.99. The van der Waals surface area contributed by atoms with Gasteiger partial charge in [0, 0.05) is 22.9 Å². The molecule has 0 spiro atoms. The SMILES string of the molecule is C\C=C/C=C\C=C(/C)c1nc(C(=O)Nc2cc(Cl)ccc2C)c(C)n1CCO. The molecule has 5 nitrogen and oxygen atoms in total. The standard InChI is InChI=1S/C22H26ClN3O2/c1-5-6-7-8-9-16(3)21-25-20(17(4)26(21)12-13-27)22(28)24-19-14-18(23)11-10-15(19)2/h5-11,14,27H,12-13H2,1-4H3,(H,24,28)/b6-5-,8-7-,16-9+. The molecule has 0 fully saturated rings. The zero-order chi connectivity index (χ0) is 20.7. The van der Waals surface area contributed by atoms with Crippen molar-refractivity contribution in [2.75, 3.05) is 11.9 Å². The number of hydrogen-bond acceptors (Lipinski definition) is 3. The van der Waals surface area contributed by atoms with Crippen molar-refractivity contribution >= 4 is 28.8 Å². The van der Waals surface area contributed by atoms with E-state index in [-0.39, 0.29) is 12.5 Å². The maximum Gasteiger partial charge on any atom is 0.276 e. The predicted octanol–water partition coefficient (Wildman–Crippen LogP) is 4.93. The molecule has 0 aliphatic rings. The number of allylic oxidation sites excluding steroid dienone is 6. The Labute approximate surface area is 171 Å². The van der Waals surface area contributed by atoms with E-state index in [9.17, 15) is 9.90 Å². The molecule has 6 heteroatoms. The average molecular weight is 400 g/mol. The van der Waals surface area contributed by atoms with Crippen LogP contribution in [0.4, 0.5) is 5.69 Å². The molecular weight excluding hydrogens is 374 g/mol. The number of aromatic nitrogens is 2. The molecule has 1 aromatic heterocycles. The first-order valence-corrected chi connectivity index (χ1v) is 9.49.